The van der Waals surface area contributed by atoms with Crippen molar-refractivity contribution in [2.75, 3.05) is 6.61 Å². The third-order valence-electron chi connectivity index (χ3n) is 5.78. The van der Waals surface area contributed by atoms with Crippen molar-refractivity contribution in [2.24, 2.45) is 16.7 Å². The fourth-order valence-corrected chi connectivity index (χ4v) is 3.96. The van der Waals surface area contributed by atoms with E-state index in [1.54, 1.807) is 0 Å². The van der Waals surface area contributed by atoms with Gasteiger partial charge in [-0.3, -0.25) is 0 Å². The molecule has 2 aliphatic carbocycles. The van der Waals surface area contributed by atoms with Crippen LogP contribution < -0.4 is 0 Å². The lowest BCUT2D eigenvalue weighted by atomic mass is 9.70. The Labute approximate surface area is 101 Å². The molecular weight excluding hydrogens is 196 g/mol. The first-order chi connectivity index (χ1) is 7.52. The number of fused-ring (bicyclic) bond motifs is 2. The van der Waals surface area contributed by atoms with Crippen LogP contribution in [0.5, 0.6) is 0 Å². The van der Waals surface area contributed by atoms with Crippen LogP contribution in [0.15, 0.2) is 0 Å². The maximum absolute atomic E-state index is 6.18. The number of unbranched alkanes of at least 4 members (excludes halogenated alkanes) is 2. The van der Waals surface area contributed by atoms with E-state index in [0.29, 0.717) is 16.9 Å². The van der Waals surface area contributed by atoms with Gasteiger partial charge in [0.25, 0.3) is 0 Å². The first-order valence-electron chi connectivity index (χ1n) is 7.14. The second-order valence-corrected chi connectivity index (χ2v) is 6.68. The molecule has 0 N–H and O–H groups in total. The summed E-state index contributed by atoms with van der Waals surface area (Å²) in [5.74, 6) is 0.911. The highest BCUT2D eigenvalue weighted by atomic mass is 16.5. The molecule has 0 aromatic carbocycles. The Kier molecular flexibility index (Phi) is 3.36. The normalized spacial score (nSPS) is 40.5. The van der Waals surface area contributed by atoms with Crippen LogP contribution in [-0.4, -0.2) is 12.7 Å². The van der Waals surface area contributed by atoms with Crippen LogP contribution in [0, 0.1) is 16.7 Å². The molecule has 2 saturated carbocycles. The Balaban J connectivity index is 1.89. The van der Waals surface area contributed by atoms with Crippen LogP contribution in [0.3, 0.4) is 0 Å². The molecule has 0 spiro atoms. The van der Waals surface area contributed by atoms with Gasteiger partial charge in [0.05, 0.1) is 6.10 Å². The van der Waals surface area contributed by atoms with Gasteiger partial charge in [-0.25, -0.2) is 0 Å². The molecule has 16 heavy (non-hydrogen) atoms. The molecule has 2 rings (SSSR count). The van der Waals surface area contributed by atoms with Gasteiger partial charge in [-0.15, -0.1) is 0 Å². The van der Waals surface area contributed by atoms with Gasteiger partial charge >= 0.3 is 0 Å². The van der Waals surface area contributed by atoms with Crippen molar-refractivity contribution in [3.63, 3.8) is 0 Å². The van der Waals surface area contributed by atoms with E-state index in [1.165, 1.54) is 38.5 Å². The van der Waals surface area contributed by atoms with Crippen molar-refractivity contribution in [3.8, 4) is 0 Å². The lowest BCUT2D eigenvalue weighted by Gasteiger charge is -2.38. The molecule has 1 heteroatoms. The summed E-state index contributed by atoms with van der Waals surface area (Å²) in [5.41, 5.74) is 0.951. The summed E-state index contributed by atoms with van der Waals surface area (Å²) in [4.78, 5) is 0. The summed E-state index contributed by atoms with van der Waals surface area (Å²) in [6.07, 6.45) is 8.51. The Hall–Kier alpha value is -0.0400. The van der Waals surface area contributed by atoms with Crippen LogP contribution >= 0.6 is 0 Å². The maximum atomic E-state index is 6.18. The maximum Gasteiger partial charge on any atom is 0.0636 e. The number of hydrogen-bond donors (Lipinski definition) is 0. The smallest absolute Gasteiger partial charge is 0.0636 e. The second kappa shape index (κ2) is 4.33. The SMILES string of the molecule is CCCCCOC1CC2CCC1(C)C2(C)C. The van der Waals surface area contributed by atoms with Crippen molar-refractivity contribution < 1.29 is 4.74 Å². The standard InChI is InChI=1S/C15H28O/c1-5-6-7-10-16-13-11-12-8-9-15(13,4)14(12,2)3/h12-13H,5-11H2,1-4H3. The van der Waals surface area contributed by atoms with E-state index in [2.05, 4.69) is 27.7 Å². The zero-order valence-corrected chi connectivity index (χ0v) is 11.5. The fraction of sp³-hybridized carbons (Fsp3) is 1.00. The molecule has 1 nitrogen and oxygen atoms in total. The van der Waals surface area contributed by atoms with Gasteiger partial charge in [0.1, 0.15) is 0 Å². The van der Waals surface area contributed by atoms with Crippen LogP contribution in [0.25, 0.3) is 0 Å². The van der Waals surface area contributed by atoms with Crippen LogP contribution in [0.1, 0.15) is 66.2 Å². The van der Waals surface area contributed by atoms with E-state index in [1.807, 2.05) is 0 Å². The predicted molar refractivity (Wildman–Crippen MR) is 68.5 cm³/mol. The first-order valence-corrected chi connectivity index (χ1v) is 7.14. The van der Waals surface area contributed by atoms with Gasteiger partial charge in [0, 0.05) is 6.61 Å². The molecule has 3 atom stereocenters. The molecule has 0 saturated heterocycles. The summed E-state index contributed by atoms with van der Waals surface area (Å²) >= 11 is 0. The van der Waals surface area contributed by atoms with E-state index >= 15 is 0 Å². The van der Waals surface area contributed by atoms with Crippen molar-refractivity contribution >= 4 is 0 Å². The zero-order valence-electron chi connectivity index (χ0n) is 11.5. The molecule has 0 heterocycles. The molecule has 2 aliphatic rings. The quantitative estimate of drug-likeness (QED) is 0.629. The third-order valence-corrected chi connectivity index (χ3v) is 5.78. The lowest BCUT2D eigenvalue weighted by molar-refractivity contribution is -0.0474. The summed E-state index contributed by atoms with van der Waals surface area (Å²) in [6.45, 7) is 10.6. The molecule has 3 unspecified atom stereocenters. The molecular formula is C15H28O. The van der Waals surface area contributed by atoms with Crippen molar-refractivity contribution in [3.05, 3.63) is 0 Å². The Bertz CT molecular complexity index is 246. The highest BCUT2D eigenvalue weighted by molar-refractivity contribution is 5.11. The van der Waals surface area contributed by atoms with Crippen molar-refractivity contribution in [1.29, 1.82) is 0 Å². The molecule has 0 aromatic rings. The largest absolute Gasteiger partial charge is 0.378 e. The molecule has 2 bridgehead atoms. The number of ether oxygens (including phenoxy) is 1. The van der Waals surface area contributed by atoms with Gasteiger partial charge in [0.15, 0.2) is 0 Å². The molecule has 94 valence electrons. The fourth-order valence-electron chi connectivity index (χ4n) is 3.96. The van der Waals surface area contributed by atoms with Crippen LogP contribution in [0.4, 0.5) is 0 Å². The lowest BCUT2D eigenvalue weighted by Crippen LogP contribution is -2.37. The minimum atomic E-state index is 0.448. The van der Waals surface area contributed by atoms with Crippen LogP contribution in [-0.2, 0) is 4.74 Å². The summed E-state index contributed by atoms with van der Waals surface area (Å²) in [6, 6.07) is 0. The second-order valence-electron chi connectivity index (χ2n) is 6.68. The minimum absolute atomic E-state index is 0.448. The number of hydrogen-bond acceptors (Lipinski definition) is 1. The van der Waals surface area contributed by atoms with Crippen molar-refractivity contribution in [1.82, 2.24) is 0 Å². The van der Waals surface area contributed by atoms with Crippen molar-refractivity contribution in [2.45, 2.75) is 72.3 Å². The zero-order chi connectivity index (χ0) is 11.8. The topological polar surface area (TPSA) is 9.23 Å². The monoisotopic (exact) mass is 224 g/mol. The predicted octanol–water partition coefficient (Wildman–Crippen LogP) is 4.41. The van der Waals surface area contributed by atoms with E-state index in [0.717, 1.165) is 12.5 Å². The van der Waals surface area contributed by atoms with E-state index in [9.17, 15) is 0 Å². The van der Waals surface area contributed by atoms with Crippen LogP contribution in [0.2, 0.25) is 0 Å². The molecule has 0 amide bonds. The van der Waals surface area contributed by atoms with E-state index in [4.69, 9.17) is 4.74 Å². The minimum Gasteiger partial charge on any atom is -0.378 e. The van der Waals surface area contributed by atoms with E-state index in [-0.39, 0.29) is 0 Å². The molecule has 0 aliphatic heterocycles. The van der Waals surface area contributed by atoms with Gasteiger partial charge < -0.3 is 4.74 Å². The van der Waals surface area contributed by atoms with Gasteiger partial charge in [0.2, 0.25) is 0 Å². The highest BCUT2D eigenvalue weighted by Gasteiger charge is 2.61. The van der Waals surface area contributed by atoms with E-state index < -0.39 is 0 Å². The molecule has 0 aromatic heterocycles. The van der Waals surface area contributed by atoms with Gasteiger partial charge in [-0.05, 0) is 42.4 Å². The Morgan fingerprint density at radius 3 is 2.44 bits per heavy atom. The average Bonchev–Trinajstić information content (AvgIpc) is 2.57. The average molecular weight is 224 g/mol. The van der Waals surface area contributed by atoms with Gasteiger partial charge in [-0.1, -0.05) is 40.5 Å². The summed E-state index contributed by atoms with van der Waals surface area (Å²) < 4.78 is 6.18. The Morgan fingerprint density at radius 1 is 1.19 bits per heavy atom. The third kappa shape index (κ3) is 1.72. The summed E-state index contributed by atoms with van der Waals surface area (Å²) in [7, 11) is 0. The number of rotatable bonds is 5. The molecule has 2 fully saturated rings. The van der Waals surface area contributed by atoms with Gasteiger partial charge in [-0.2, -0.15) is 0 Å². The highest BCUT2D eigenvalue weighted by Crippen LogP contribution is 2.66. The molecule has 0 radical (unpaired) electrons. The summed E-state index contributed by atoms with van der Waals surface area (Å²) in [5, 5.41) is 0. The Morgan fingerprint density at radius 2 is 1.94 bits per heavy atom. The first kappa shape index (κ1) is 12.4.